The van der Waals surface area contributed by atoms with Crippen LogP contribution in [0.4, 0.5) is 4.79 Å². The number of rotatable bonds is 8. The molecule has 2 aromatic carbocycles. The van der Waals surface area contributed by atoms with Gasteiger partial charge in [-0.15, -0.1) is 6.58 Å². The van der Waals surface area contributed by atoms with Crippen LogP contribution >= 0.6 is 0 Å². The zero-order valence-electron chi connectivity index (χ0n) is 20.5. The molecule has 2 aliphatic rings. The molecule has 35 heavy (non-hydrogen) atoms. The van der Waals surface area contributed by atoms with E-state index in [9.17, 15) is 14.4 Å². The molecule has 4 amide bonds. The smallest absolute Gasteiger partial charge is 0.322 e. The summed E-state index contributed by atoms with van der Waals surface area (Å²) in [6.07, 6.45) is 1.99. The molecule has 2 aliphatic heterocycles. The fraction of sp³-hybridized carbons (Fsp3) is 0.321. The van der Waals surface area contributed by atoms with Gasteiger partial charge in [-0.2, -0.15) is 0 Å². The van der Waals surface area contributed by atoms with E-state index >= 15 is 0 Å². The Balaban J connectivity index is 1.74. The van der Waals surface area contributed by atoms with E-state index in [2.05, 4.69) is 17.2 Å². The molecule has 2 atom stereocenters. The molecule has 0 bridgehead atoms. The molecular weight excluding hydrogens is 440 g/mol. The van der Waals surface area contributed by atoms with Crippen molar-refractivity contribution in [2.75, 3.05) is 19.6 Å². The molecule has 7 nitrogen and oxygen atoms in total. The van der Waals surface area contributed by atoms with E-state index in [1.807, 2.05) is 69.3 Å². The van der Waals surface area contributed by atoms with Gasteiger partial charge >= 0.3 is 6.03 Å². The number of likely N-dealkylation sites (N-methyl/N-ethyl adjacent to an activating group) is 1. The predicted octanol–water partition coefficient (Wildman–Crippen LogP) is 3.40. The molecule has 7 heteroatoms. The molecule has 4 rings (SSSR count). The lowest BCUT2D eigenvalue weighted by atomic mass is 9.91. The quantitative estimate of drug-likeness (QED) is 0.578. The number of hydrogen-bond donors (Lipinski definition) is 2. The third-order valence-electron chi connectivity index (χ3n) is 6.67. The van der Waals surface area contributed by atoms with Crippen LogP contribution in [0.3, 0.4) is 0 Å². The van der Waals surface area contributed by atoms with Gasteiger partial charge < -0.3 is 15.5 Å². The highest BCUT2D eigenvalue weighted by Crippen LogP contribution is 2.38. The number of urea groups is 1. The Hall–Kier alpha value is -3.87. The van der Waals surface area contributed by atoms with Gasteiger partial charge in [-0.3, -0.25) is 14.5 Å². The van der Waals surface area contributed by atoms with Gasteiger partial charge in [-0.25, -0.2) is 4.79 Å². The Labute approximate surface area is 206 Å². The topological polar surface area (TPSA) is 81.8 Å². The Morgan fingerprint density at radius 3 is 2.60 bits per heavy atom. The van der Waals surface area contributed by atoms with Crippen molar-refractivity contribution in [1.29, 1.82) is 0 Å². The molecule has 0 saturated heterocycles. The van der Waals surface area contributed by atoms with Crippen LogP contribution in [0.5, 0.6) is 0 Å². The summed E-state index contributed by atoms with van der Waals surface area (Å²) in [6.45, 7) is 10.5. The van der Waals surface area contributed by atoms with Crippen LogP contribution in [0, 0.1) is 13.8 Å². The summed E-state index contributed by atoms with van der Waals surface area (Å²) in [7, 11) is 0. The lowest BCUT2D eigenvalue weighted by Gasteiger charge is -2.33. The second kappa shape index (κ2) is 10.2. The second-order valence-electron chi connectivity index (χ2n) is 9.02. The maximum Gasteiger partial charge on any atom is 0.322 e. The summed E-state index contributed by atoms with van der Waals surface area (Å²) >= 11 is 0. The molecule has 0 radical (unpaired) electrons. The van der Waals surface area contributed by atoms with E-state index < -0.39 is 12.1 Å². The first-order valence-corrected chi connectivity index (χ1v) is 12.0. The van der Waals surface area contributed by atoms with E-state index in [-0.39, 0.29) is 24.4 Å². The molecule has 0 aliphatic carbocycles. The normalized spacial score (nSPS) is 18.3. The number of carbonyl (C=O) groups is 3. The summed E-state index contributed by atoms with van der Waals surface area (Å²) in [5.41, 5.74) is 5.16. The molecule has 2 N–H and O–H groups in total. The highest BCUT2D eigenvalue weighted by molar-refractivity contribution is 6.03. The van der Waals surface area contributed by atoms with Crippen LogP contribution in [-0.4, -0.2) is 53.3 Å². The van der Waals surface area contributed by atoms with Crippen molar-refractivity contribution in [3.63, 3.8) is 0 Å². The molecule has 0 fully saturated rings. The van der Waals surface area contributed by atoms with E-state index in [0.717, 1.165) is 22.3 Å². The van der Waals surface area contributed by atoms with Crippen molar-refractivity contribution in [3.8, 4) is 0 Å². The van der Waals surface area contributed by atoms with Crippen LogP contribution in [0.15, 0.2) is 72.5 Å². The zero-order valence-corrected chi connectivity index (χ0v) is 20.5. The minimum atomic E-state index is -0.718. The lowest BCUT2D eigenvalue weighted by molar-refractivity contribution is -0.136. The first-order valence-electron chi connectivity index (χ1n) is 12.0. The van der Waals surface area contributed by atoms with Crippen molar-refractivity contribution in [2.24, 2.45) is 0 Å². The lowest BCUT2D eigenvalue weighted by Crippen LogP contribution is -2.50. The second-order valence-corrected chi connectivity index (χ2v) is 9.02. The molecule has 0 aromatic heterocycles. The van der Waals surface area contributed by atoms with Gasteiger partial charge in [0, 0.05) is 19.5 Å². The van der Waals surface area contributed by atoms with Crippen molar-refractivity contribution in [2.45, 2.75) is 39.3 Å². The maximum absolute atomic E-state index is 14.0. The Morgan fingerprint density at radius 2 is 1.94 bits per heavy atom. The molecule has 0 unspecified atom stereocenters. The SMILES string of the molecule is C=CCNC(=O)[C@@H](Cc1ccccc1)N1CC2=C(C1=O)[C@H](c1ccc(C)cc1C)NC(=O)N2CC. The van der Waals surface area contributed by atoms with E-state index in [4.69, 9.17) is 0 Å². The Morgan fingerprint density at radius 1 is 1.20 bits per heavy atom. The summed E-state index contributed by atoms with van der Waals surface area (Å²) in [4.78, 5) is 43.5. The molecule has 0 saturated carbocycles. The van der Waals surface area contributed by atoms with Gasteiger partial charge in [-0.05, 0) is 37.5 Å². The number of nitrogens with zero attached hydrogens (tertiary/aromatic N) is 2. The monoisotopic (exact) mass is 472 g/mol. The van der Waals surface area contributed by atoms with Crippen LogP contribution in [-0.2, 0) is 16.0 Å². The van der Waals surface area contributed by atoms with E-state index in [1.54, 1.807) is 15.9 Å². The number of aryl methyl sites for hydroxylation is 2. The highest BCUT2D eigenvalue weighted by atomic mass is 16.2. The molecule has 2 heterocycles. The number of nitrogens with one attached hydrogen (secondary N) is 2. The highest BCUT2D eigenvalue weighted by Gasteiger charge is 2.47. The number of benzene rings is 2. The van der Waals surface area contributed by atoms with Crippen molar-refractivity contribution in [3.05, 3.63) is 94.7 Å². The summed E-state index contributed by atoms with van der Waals surface area (Å²) in [5, 5.41) is 5.89. The minimum absolute atomic E-state index is 0.204. The Bertz CT molecular complexity index is 1190. The van der Waals surface area contributed by atoms with Gasteiger partial charge in [0.25, 0.3) is 5.91 Å². The summed E-state index contributed by atoms with van der Waals surface area (Å²) in [5.74, 6) is -0.467. The van der Waals surface area contributed by atoms with Gasteiger partial charge in [0.2, 0.25) is 5.91 Å². The first kappa shape index (κ1) is 24.3. The third-order valence-corrected chi connectivity index (χ3v) is 6.67. The van der Waals surface area contributed by atoms with Crippen LogP contribution in [0.25, 0.3) is 0 Å². The largest absolute Gasteiger partial charge is 0.351 e. The molecule has 182 valence electrons. The molecular formula is C28H32N4O3. The average molecular weight is 473 g/mol. The fourth-order valence-electron chi connectivity index (χ4n) is 4.95. The minimum Gasteiger partial charge on any atom is -0.351 e. The van der Waals surface area contributed by atoms with Crippen molar-refractivity contribution >= 4 is 17.8 Å². The van der Waals surface area contributed by atoms with E-state index in [1.165, 1.54) is 0 Å². The number of carbonyl (C=O) groups excluding carboxylic acids is 3. The number of hydrogen-bond acceptors (Lipinski definition) is 3. The third kappa shape index (κ3) is 4.71. The van der Waals surface area contributed by atoms with Crippen LogP contribution in [0.1, 0.15) is 35.2 Å². The molecule has 2 aromatic rings. The van der Waals surface area contributed by atoms with Gasteiger partial charge in [-0.1, -0.05) is 60.2 Å². The standard InChI is InChI=1S/C28H32N4O3/c1-5-14-29-26(33)22(16-20-10-8-7-9-11-20)32-17-23-24(27(32)34)25(30-28(35)31(23)6-2)21-13-12-18(3)15-19(21)4/h5,7-13,15,22,25H,1,6,14,16-17H2,2-4H3,(H,29,33)(H,30,35)/t22-,25+/m1/s1. The Kier molecular flexibility index (Phi) is 7.05. The van der Waals surface area contributed by atoms with Gasteiger partial charge in [0.05, 0.1) is 23.9 Å². The predicted molar refractivity (Wildman–Crippen MR) is 135 cm³/mol. The summed E-state index contributed by atoms with van der Waals surface area (Å²) < 4.78 is 0. The average Bonchev–Trinajstić information content (AvgIpc) is 3.18. The first-order chi connectivity index (χ1) is 16.8. The van der Waals surface area contributed by atoms with Crippen molar-refractivity contribution < 1.29 is 14.4 Å². The molecule has 0 spiro atoms. The van der Waals surface area contributed by atoms with Crippen LogP contribution < -0.4 is 10.6 Å². The fourth-order valence-corrected chi connectivity index (χ4v) is 4.95. The summed E-state index contributed by atoms with van der Waals surface area (Å²) in [6, 6.07) is 14.1. The van der Waals surface area contributed by atoms with Gasteiger partial charge in [0.1, 0.15) is 6.04 Å². The van der Waals surface area contributed by atoms with Crippen LogP contribution in [0.2, 0.25) is 0 Å². The maximum atomic E-state index is 14.0. The zero-order chi connectivity index (χ0) is 25.1. The van der Waals surface area contributed by atoms with Crippen molar-refractivity contribution in [1.82, 2.24) is 20.4 Å². The number of amides is 4. The van der Waals surface area contributed by atoms with E-state index in [0.29, 0.717) is 30.8 Å². The van der Waals surface area contributed by atoms with Gasteiger partial charge in [0.15, 0.2) is 0 Å².